The number of halogens is 2. The van der Waals surface area contributed by atoms with Gasteiger partial charge in [0.15, 0.2) is 6.61 Å². The van der Waals surface area contributed by atoms with Crippen molar-refractivity contribution in [2.24, 2.45) is 0 Å². The predicted molar refractivity (Wildman–Crippen MR) is 85.8 cm³/mol. The molecule has 0 unspecified atom stereocenters. The molecule has 1 rings (SSSR count). The first kappa shape index (κ1) is 19.3. The van der Waals surface area contributed by atoms with E-state index in [1.165, 1.54) is 6.07 Å². The van der Waals surface area contributed by atoms with Crippen LogP contribution in [0.15, 0.2) is 18.2 Å². The molecule has 0 bridgehead atoms. The van der Waals surface area contributed by atoms with Crippen LogP contribution >= 0.6 is 30.8 Å². The van der Waals surface area contributed by atoms with Gasteiger partial charge in [-0.15, -0.1) is 0 Å². The van der Waals surface area contributed by atoms with Crippen LogP contribution in [0.4, 0.5) is 0 Å². The quantitative estimate of drug-likeness (QED) is 0.671. The van der Waals surface area contributed by atoms with E-state index in [9.17, 15) is 9.36 Å². The van der Waals surface area contributed by atoms with Crippen molar-refractivity contribution in [2.75, 3.05) is 26.1 Å². The highest BCUT2D eigenvalue weighted by Gasteiger charge is 2.24. The highest BCUT2D eigenvalue weighted by Crippen LogP contribution is 2.46. The number of hydrogen-bond donors (Lipinski definition) is 1. The Morgan fingerprint density at radius 3 is 2.41 bits per heavy atom. The van der Waals surface area contributed by atoms with Crippen molar-refractivity contribution in [1.82, 2.24) is 5.32 Å². The maximum Gasteiger partial charge on any atom is 0.349 e. The van der Waals surface area contributed by atoms with Crippen LogP contribution in [0.2, 0.25) is 10.0 Å². The van der Waals surface area contributed by atoms with Gasteiger partial charge in [0.1, 0.15) is 12.0 Å². The van der Waals surface area contributed by atoms with Crippen molar-refractivity contribution >= 4 is 36.7 Å². The molecule has 1 aromatic carbocycles. The van der Waals surface area contributed by atoms with E-state index in [-0.39, 0.29) is 26.1 Å². The molecule has 6 nitrogen and oxygen atoms in total. The number of carbonyl (C=O) groups is 1. The van der Waals surface area contributed by atoms with Crippen molar-refractivity contribution in [1.29, 1.82) is 0 Å². The second-order valence-electron chi connectivity index (χ2n) is 4.07. The minimum atomic E-state index is -3.32. The molecule has 0 atom stereocenters. The topological polar surface area (TPSA) is 73.9 Å². The van der Waals surface area contributed by atoms with Gasteiger partial charge < -0.3 is 19.1 Å². The van der Waals surface area contributed by atoms with Crippen molar-refractivity contribution in [3.8, 4) is 5.75 Å². The van der Waals surface area contributed by atoms with Crippen LogP contribution in [0, 0.1) is 0 Å². The van der Waals surface area contributed by atoms with Gasteiger partial charge in [0.05, 0.1) is 18.2 Å². The molecular weight excluding hydrogens is 352 g/mol. The summed E-state index contributed by atoms with van der Waals surface area (Å²) in [4.78, 5) is 11.7. The molecule has 0 spiro atoms. The van der Waals surface area contributed by atoms with E-state index in [0.717, 1.165) is 0 Å². The van der Waals surface area contributed by atoms with E-state index in [2.05, 4.69) is 5.32 Å². The summed E-state index contributed by atoms with van der Waals surface area (Å²) in [6, 6.07) is 4.66. The van der Waals surface area contributed by atoms with Crippen molar-refractivity contribution < 1.29 is 23.1 Å². The average Bonchev–Trinajstić information content (AvgIpc) is 2.45. The van der Waals surface area contributed by atoms with Gasteiger partial charge in [-0.05, 0) is 32.0 Å². The molecule has 0 saturated heterocycles. The van der Waals surface area contributed by atoms with E-state index < -0.39 is 13.5 Å². The molecule has 0 fully saturated rings. The Bertz CT molecular complexity index is 545. The van der Waals surface area contributed by atoms with E-state index in [1.807, 2.05) is 0 Å². The largest absolute Gasteiger partial charge is 0.482 e. The summed E-state index contributed by atoms with van der Waals surface area (Å²) in [6.07, 6.45) is -0.217. The van der Waals surface area contributed by atoms with Crippen LogP contribution in [-0.4, -0.2) is 32.0 Å². The summed E-state index contributed by atoms with van der Waals surface area (Å²) in [5.41, 5.74) is 0. The number of benzene rings is 1. The highest BCUT2D eigenvalue weighted by atomic mass is 35.5. The number of ether oxygens (including phenoxy) is 1. The maximum absolute atomic E-state index is 12.1. The van der Waals surface area contributed by atoms with Crippen LogP contribution in [-0.2, 0) is 18.4 Å². The van der Waals surface area contributed by atoms with Gasteiger partial charge in [0, 0.05) is 5.02 Å². The zero-order valence-electron chi connectivity index (χ0n) is 12.3. The lowest BCUT2D eigenvalue weighted by atomic mass is 10.3. The van der Waals surface area contributed by atoms with Crippen LogP contribution in [0.1, 0.15) is 13.8 Å². The summed E-state index contributed by atoms with van der Waals surface area (Å²) in [7, 11) is -3.32. The summed E-state index contributed by atoms with van der Waals surface area (Å²) in [6.45, 7) is 3.56. The second-order valence-corrected chi connectivity index (χ2v) is 6.97. The molecule has 0 aromatic heterocycles. The monoisotopic (exact) mass is 369 g/mol. The van der Waals surface area contributed by atoms with Gasteiger partial charge >= 0.3 is 7.60 Å². The van der Waals surface area contributed by atoms with Gasteiger partial charge in [-0.2, -0.15) is 0 Å². The summed E-state index contributed by atoms with van der Waals surface area (Å²) in [5, 5.41) is 3.22. The van der Waals surface area contributed by atoms with Gasteiger partial charge in [-0.25, -0.2) is 0 Å². The van der Waals surface area contributed by atoms with E-state index >= 15 is 0 Å². The van der Waals surface area contributed by atoms with Crippen molar-refractivity contribution in [3.63, 3.8) is 0 Å². The Kier molecular flexibility index (Phi) is 8.21. The number of rotatable bonds is 9. The smallest absolute Gasteiger partial charge is 0.349 e. The Morgan fingerprint density at radius 1 is 1.23 bits per heavy atom. The van der Waals surface area contributed by atoms with E-state index in [4.69, 9.17) is 37.0 Å². The molecule has 22 heavy (non-hydrogen) atoms. The summed E-state index contributed by atoms with van der Waals surface area (Å²) in [5.74, 6) is -0.135. The van der Waals surface area contributed by atoms with Crippen LogP contribution in [0.25, 0.3) is 0 Å². The third-order valence-electron chi connectivity index (χ3n) is 2.37. The molecule has 0 saturated carbocycles. The summed E-state index contributed by atoms with van der Waals surface area (Å²) < 4.78 is 27.5. The third kappa shape index (κ3) is 6.55. The van der Waals surface area contributed by atoms with Gasteiger partial charge in [-0.3, -0.25) is 9.36 Å². The fraction of sp³-hybridized carbons (Fsp3) is 0.462. The SMILES string of the molecule is CCOP(=O)(CNC(=O)COc1ccc(Cl)cc1Cl)OCC. The molecule has 0 aliphatic carbocycles. The van der Waals surface area contributed by atoms with E-state index in [0.29, 0.717) is 15.8 Å². The van der Waals surface area contributed by atoms with Gasteiger partial charge in [-0.1, -0.05) is 23.2 Å². The molecule has 9 heteroatoms. The third-order valence-corrected chi connectivity index (χ3v) is 4.75. The molecule has 0 aliphatic rings. The highest BCUT2D eigenvalue weighted by molar-refractivity contribution is 7.53. The molecular formula is C13H18Cl2NO5P. The number of amides is 1. The Morgan fingerprint density at radius 2 is 1.86 bits per heavy atom. The number of hydrogen-bond acceptors (Lipinski definition) is 5. The molecule has 0 radical (unpaired) electrons. The molecule has 124 valence electrons. The standard InChI is InChI=1S/C13H18Cl2NO5P/c1-3-20-22(18,21-4-2)9-16-13(17)8-19-12-6-5-10(14)7-11(12)15/h5-7H,3-4,8-9H2,1-2H3,(H,16,17). The van der Waals surface area contributed by atoms with Crippen LogP contribution < -0.4 is 10.1 Å². The van der Waals surface area contributed by atoms with E-state index in [1.54, 1.807) is 26.0 Å². The zero-order chi connectivity index (χ0) is 16.6. The van der Waals surface area contributed by atoms with Gasteiger partial charge in [0.25, 0.3) is 5.91 Å². The molecule has 0 aliphatic heterocycles. The molecule has 1 amide bonds. The molecule has 0 heterocycles. The lowest BCUT2D eigenvalue weighted by Crippen LogP contribution is -2.30. The zero-order valence-corrected chi connectivity index (χ0v) is 14.7. The minimum absolute atomic E-state index is 0.217. The predicted octanol–water partition coefficient (Wildman–Crippen LogP) is 3.71. The number of carbonyl (C=O) groups excluding carboxylic acids is 1. The maximum atomic E-state index is 12.1. The first-order chi connectivity index (χ1) is 10.4. The van der Waals surface area contributed by atoms with Crippen LogP contribution in [0.3, 0.4) is 0 Å². The molecule has 1 aromatic rings. The first-order valence-corrected chi connectivity index (χ1v) is 9.11. The van der Waals surface area contributed by atoms with Gasteiger partial charge in [0.2, 0.25) is 0 Å². The fourth-order valence-electron chi connectivity index (χ4n) is 1.49. The fourth-order valence-corrected chi connectivity index (χ4v) is 3.37. The van der Waals surface area contributed by atoms with Crippen LogP contribution in [0.5, 0.6) is 5.75 Å². The summed E-state index contributed by atoms with van der Waals surface area (Å²) >= 11 is 11.7. The normalized spacial score (nSPS) is 11.3. The second kappa shape index (κ2) is 9.38. The van der Waals surface area contributed by atoms with Crippen molar-refractivity contribution in [3.05, 3.63) is 28.2 Å². The lowest BCUT2D eigenvalue weighted by Gasteiger charge is -2.17. The Hall–Kier alpha value is -0.780. The Balaban J connectivity index is 2.47. The Labute approximate surface area is 139 Å². The number of nitrogens with one attached hydrogen (secondary N) is 1. The lowest BCUT2D eigenvalue weighted by molar-refractivity contribution is -0.122. The minimum Gasteiger partial charge on any atom is -0.482 e. The average molecular weight is 370 g/mol. The van der Waals surface area contributed by atoms with Crippen molar-refractivity contribution in [2.45, 2.75) is 13.8 Å². The molecule has 1 N–H and O–H groups in total. The first-order valence-electron chi connectivity index (χ1n) is 6.63.